The van der Waals surface area contributed by atoms with E-state index in [1.807, 2.05) is 32.0 Å². The number of para-hydroxylation sites is 1. The molecule has 0 aliphatic rings. The molecular weight excluding hydrogens is 384 g/mol. The minimum Gasteiger partial charge on any atom is -0.496 e. The van der Waals surface area contributed by atoms with Crippen LogP contribution in [-0.2, 0) is 10.0 Å². The van der Waals surface area contributed by atoms with Gasteiger partial charge in [-0.25, -0.2) is 13.1 Å². The van der Waals surface area contributed by atoms with Crippen LogP contribution < -0.4 is 14.3 Å². The number of sulfonamides is 1. The summed E-state index contributed by atoms with van der Waals surface area (Å²) >= 11 is 1.05. The molecule has 0 aliphatic carbocycles. The van der Waals surface area contributed by atoms with Crippen LogP contribution in [0.2, 0.25) is 0 Å². The number of nitrogens with one attached hydrogen (secondary N) is 1. The maximum atomic E-state index is 12.9. The molecule has 0 saturated heterocycles. The Bertz CT molecular complexity index is 1130. The molecule has 0 radical (unpaired) electrons. The van der Waals surface area contributed by atoms with E-state index in [-0.39, 0.29) is 15.8 Å². The Morgan fingerprint density at radius 1 is 1.11 bits per heavy atom. The van der Waals surface area contributed by atoms with Crippen molar-refractivity contribution in [3.05, 3.63) is 57.7 Å². The highest BCUT2D eigenvalue weighted by atomic mass is 32.2. The zero-order chi connectivity index (χ0) is 19.8. The van der Waals surface area contributed by atoms with E-state index in [2.05, 4.69) is 4.72 Å². The van der Waals surface area contributed by atoms with Crippen LogP contribution in [0, 0.1) is 0 Å². The van der Waals surface area contributed by atoms with Crippen molar-refractivity contribution in [1.82, 2.24) is 9.29 Å². The number of ether oxygens (including phenoxy) is 1. The van der Waals surface area contributed by atoms with E-state index in [1.54, 1.807) is 36.8 Å². The predicted molar refractivity (Wildman–Crippen MR) is 108 cm³/mol. The van der Waals surface area contributed by atoms with Crippen LogP contribution in [0.15, 0.2) is 52.2 Å². The van der Waals surface area contributed by atoms with Crippen molar-refractivity contribution in [2.75, 3.05) is 7.11 Å². The third kappa shape index (κ3) is 3.78. The summed E-state index contributed by atoms with van der Waals surface area (Å²) in [6.45, 7) is 5.62. The Morgan fingerprint density at radius 3 is 2.48 bits per heavy atom. The van der Waals surface area contributed by atoms with E-state index in [9.17, 15) is 13.2 Å². The molecule has 144 valence electrons. The first-order valence-electron chi connectivity index (χ1n) is 8.55. The third-order valence-electron chi connectivity index (χ3n) is 4.35. The van der Waals surface area contributed by atoms with Crippen molar-refractivity contribution < 1.29 is 13.2 Å². The maximum Gasteiger partial charge on any atom is 0.308 e. The standard InChI is InChI=1S/C19H22N2O4S2/c1-12(2)21-16-10-9-14(11-18(16)26-19(21)22)27(23,24)20-13(3)15-7-5-6-8-17(15)25-4/h5-13,20H,1-4H3/t13-/m0/s1. The number of thiazole rings is 1. The lowest BCUT2D eigenvalue weighted by molar-refractivity contribution is 0.405. The molecule has 0 unspecified atom stereocenters. The first-order valence-corrected chi connectivity index (χ1v) is 10.8. The minimum absolute atomic E-state index is 0.0115. The van der Waals surface area contributed by atoms with Gasteiger partial charge in [-0.3, -0.25) is 9.36 Å². The summed E-state index contributed by atoms with van der Waals surface area (Å²) in [4.78, 5) is 12.2. The van der Waals surface area contributed by atoms with Crippen LogP contribution in [0.5, 0.6) is 5.75 Å². The summed E-state index contributed by atoms with van der Waals surface area (Å²) in [6.07, 6.45) is 0. The molecule has 2 aromatic carbocycles. The van der Waals surface area contributed by atoms with Gasteiger partial charge < -0.3 is 4.74 Å². The fourth-order valence-electron chi connectivity index (χ4n) is 3.06. The molecule has 0 bridgehead atoms. The molecule has 27 heavy (non-hydrogen) atoms. The van der Waals surface area contributed by atoms with Crippen molar-refractivity contribution in [2.45, 2.75) is 37.8 Å². The first-order chi connectivity index (χ1) is 12.7. The normalized spacial score (nSPS) is 13.2. The molecule has 3 aromatic rings. The summed E-state index contributed by atoms with van der Waals surface area (Å²) in [5, 5.41) is 0. The molecule has 1 heterocycles. The van der Waals surface area contributed by atoms with Crippen LogP contribution in [-0.4, -0.2) is 20.1 Å². The van der Waals surface area contributed by atoms with E-state index < -0.39 is 16.1 Å². The molecule has 6 nitrogen and oxygen atoms in total. The van der Waals surface area contributed by atoms with Gasteiger partial charge in [0.1, 0.15) is 5.75 Å². The minimum atomic E-state index is -3.76. The highest BCUT2D eigenvalue weighted by molar-refractivity contribution is 7.89. The maximum absolute atomic E-state index is 12.9. The van der Waals surface area contributed by atoms with Crippen molar-refractivity contribution >= 4 is 31.6 Å². The van der Waals surface area contributed by atoms with Crippen LogP contribution in [0.4, 0.5) is 0 Å². The molecule has 0 aliphatic heterocycles. The monoisotopic (exact) mass is 406 g/mol. The zero-order valence-corrected chi connectivity index (χ0v) is 17.2. The van der Waals surface area contributed by atoms with E-state index in [0.717, 1.165) is 22.4 Å². The molecule has 0 spiro atoms. The van der Waals surface area contributed by atoms with Crippen molar-refractivity contribution in [2.24, 2.45) is 0 Å². The van der Waals surface area contributed by atoms with Gasteiger partial charge >= 0.3 is 4.87 Å². The van der Waals surface area contributed by atoms with Crippen LogP contribution in [0.1, 0.15) is 38.4 Å². The smallest absolute Gasteiger partial charge is 0.308 e. The second kappa shape index (κ2) is 7.46. The second-order valence-corrected chi connectivity index (χ2v) is 9.25. The average molecular weight is 407 g/mol. The summed E-state index contributed by atoms with van der Waals surface area (Å²) in [7, 11) is -2.21. The Kier molecular flexibility index (Phi) is 5.41. The van der Waals surface area contributed by atoms with Gasteiger partial charge in [0, 0.05) is 17.6 Å². The highest BCUT2D eigenvalue weighted by Crippen LogP contribution is 2.28. The van der Waals surface area contributed by atoms with Gasteiger partial charge in [0.05, 0.1) is 22.2 Å². The van der Waals surface area contributed by atoms with Crippen LogP contribution >= 0.6 is 11.3 Å². The van der Waals surface area contributed by atoms with Gasteiger partial charge in [-0.05, 0) is 45.0 Å². The molecular formula is C19H22N2O4S2. The fourth-order valence-corrected chi connectivity index (χ4v) is 5.44. The lowest BCUT2D eigenvalue weighted by Crippen LogP contribution is -2.27. The Hall–Kier alpha value is -2.16. The predicted octanol–water partition coefficient (Wildman–Crippen LogP) is 3.69. The number of hydrogen-bond donors (Lipinski definition) is 1. The highest BCUT2D eigenvalue weighted by Gasteiger charge is 2.22. The lowest BCUT2D eigenvalue weighted by Gasteiger charge is -2.17. The largest absolute Gasteiger partial charge is 0.496 e. The summed E-state index contributed by atoms with van der Waals surface area (Å²) in [5.74, 6) is 0.621. The summed E-state index contributed by atoms with van der Waals surface area (Å²) in [5.41, 5.74) is 1.50. The van der Waals surface area contributed by atoms with Gasteiger partial charge in [0.2, 0.25) is 10.0 Å². The quantitative estimate of drug-likeness (QED) is 0.677. The number of benzene rings is 2. The van der Waals surface area contributed by atoms with Gasteiger partial charge in [0.25, 0.3) is 0 Å². The number of nitrogens with zero attached hydrogens (tertiary/aromatic N) is 1. The number of methoxy groups -OCH3 is 1. The van der Waals surface area contributed by atoms with E-state index >= 15 is 0 Å². The molecule has 1 atom stereocenters. The van der Waals surface area contributed by atoms with E-state index in [4.69, 9.17) is 4.74 Å². The molecule has 1 N–H and O–H groups in total. The fraction of sp³-hybridized carbons (Fsp3) is 0.316. The lowest BCUT2D eigenvalue weighted by atomic mass is 10.1. The number of hydrogen-bond acceptors (Lipinski definition) is 5. The number of aromatic nitrogens is 1. The number of fused-ring (bicyclic) bond motifs is 1. The topological polar surface area (TPSA) is 77.4 Å². The van der Waals surface area contributed by atoms with E-state index in [1.165, 1.54) is 6.07 Å². The number of rotatable bonds is 6. The van der Waals surface area contributed by atoms with Gasteiger partial charge in [0.15, 0.2) is 0 Å². The van der Waals surface area contributed by atoms with Crippen LogP contribution in [0.25, 0.3) is 10.2 Å². The molecule has 1 aromatic heterocycles. The molecule has 0 amide bonds. The SMILES string of the molecule is COc1ccccc1[C@H](C)NS(=O)(=O)c1ccc2c(c1)sc(=O)n2C(C)C. The van der Waals surface area contributed by atoms with Crippen LogP contribution in [0.3, 0.4) is 0 Å². The van der Waals surface area contributed by atoms with E-state index in [0.29, 0.717) is 10.4 Å². The second-order valence-electron chi connectivity index (χ2n) is 6.55. The molecule has 0 fully saturated rings. The van der Waals surface area contributed by atoms with Crippen molar-refractivity contribution in [1.29, 1.82) is 0 Å². The summed E-state index contributed by atoms with van der Waals surface area (Å²) in [6, 6.07) is 11.6. The first kappa shape index (κ1) is 19.6. The Morgan fingerprint density at radius 2 is 1.81 bits per heavy atom. The summed E-state index contributed by atoms with van der Waals surface area (Å²) < 4.78 is 36.0. The molecule has 3 rings (SSSR count). The Balaban J connectivity index is 1.96. The van der Waals surface area contributed by atoms with Gasteiger partial charge in [-0.1, -0.05) is 29.5 Å². The molecule has 0 saturated carbocycles. The third-order valence-corrected chi connectivity index (χ3v) is 6.81. The zero-order valence-electron chi connectivity index (χ0n) is 15.6. The Labute approximate surface area is 162 Å². The average Bonchev–Trinajstić information content (AvgIpc) is 2.96. The van der Waals surface area contributed by atoms with Gasteiger partial charge in [-0.15, -0.1) is 0 Å². The van der Waals surface area contributed by atoms with Crippen molar-refractivity contribution in [3.63, 3.8) is 0 Å². The van der Waals surface area contributed by atoms with Crippen molar-refractivity contribution in [3.8, 4) is 5.75 Å². The molecule has 8 heteroatoms. The van der Waals surface area contributed by atoms with Gasteiger partial charge in [-0.2, -0.15) is 0 Å².